The summed E-state index contributed by atoms with van der Waals surface area (Å²) in [6, 6.07) is 8.88. The second-order valence-corrected chi connectivity index (χ2v) is 5.93. The summed E-state index contributed by atoms with van der Waals surface area (Å²) < 4.78 is 5.90. The van der Waals surface area contributed by atoms with Crippen LogP contribution in [0.4, 0.5) is 0 Å². The Labute approximate surface area is 129 Å². The first kappa shape index (κ1) is 16.3. The number of hydrogen-bond donors (Lipinski definition) is 1. The van der Waals surface area contributed by atoms with Gasteiger partial charge in [-0.05, 0) is 31.9 Å². The Morgan fingerprint density at radius 1 is 1.19 bits per heavy atom. The average Bonchev–Trinajstić information content (AvgIpc) is 2.56. The molecule has 3 heteroatoms. The molecule has 2 N–H and O–H groups in total. The molecule has 1 fully saturated rings. The van der Waals surface area contributed by atoms with Crippen molar-refractivity contribution in [1.29, 1.82) is 0 Å². The van der Waals surface area contributed by atoms with Gasteiger partial charge in [0, 0.05) is 24.7 Å². The molecule has 1 aromatic rings. The third-order valence-electron chi connectivity index (χ3n) is 4.54. The zero-order valence-corrected chi connectivity index (χ0v) is 13.4. The second-order valence-electron chi connectivity index (χ2n) is 5.93. The molecule has 1 saturated carbocycles. The van der Waals surface area contributed by atoms with Gasteiger partial charge >= 0.3 is 0 Å². The van der Waals surface area contributed by atoms with Crippen molar-refractivity contribution in [1.82, 2.24) is 4.90 Å². The molecule has 0 radical (unpaired) electrons. The Kier molecular flexibility index (Phi) is 7.04. The summed E-state index contributed by atoms with van der Waals surface area (Å²) in [4.78, 5) is 2.64. The van der Waals surface area contributed by atoms with Crippen LogP contribution in [0.15, 0.2) is 24.3 Å². The van der Waals surface area contributed by atoms with Gasteiger partial charge in [0.15, 0.2) is 0 Å². The average molecular weight is 290 g/mol. The van der Waals surface area contributed by atoms with E-state index >= 15 is 0 Å². The van der Waals surface area contributed by atoms with Crippen LogP contribution in [0.2, 0.25) is 0 Å². The molecule has 0 amide bonds. The second kappa shape index (κ2) is 9.06. The lowest BCUT2D eigenvalue weighted by Gasteiger charge is -2.33. The van der Waals surface area contributed by atoms with Crippen molar-refractivity contribution in [2.75, 3.05) is 19.7 Å². The monoisotopic (exact) mass is 290 g/mol. The van der Waals surface area contributed by atoms with Crippen LogP contribution < -0.4 is 10.5 Å². The lowest BCUT2D eigenvalue weighted by atomic mass is 9.94. The summed E-state index contributed by atoms with van der Waals surface area (Å²) in [5, 5.41) is 0. The van der Waals surface area contributed by atoms with E-state index in [0.29, 0.717) is 6.54 Å². The SMILES string of the molecule is CCN(CCCOc1ccccc1CN)C1CCCCC1. The van der Waals surface area contributed by atoms with Gasteiger partial charge in [0.25, 0.3) is 0 Å². The van der Waals surface area contributed by atoms with Gasteiger partial charge in [-0.3, -0.25) is 0 Å². The largest absolute Gasteiger partial charge is 0.493 e. The van der Waals surface area contributed by atoms with E-state index in [2.05, 4.69) is 11.8 Å². The fourth-order valence-corrected chi connectivity index (χ4v) is 3.31. The van der Waals surface area contributed by atoms with Crippen LogP contribution in [-0.2, 0) is 6.54 Å². The molecule has 1 aliphatic carbocycles. The molecule has 3 nitrogen and oxygen atoms in total. The van der Waals surface area contributed by atoms with E-state index in [0.717, 1.165) is 43.5 Å². The molecule has 0 heterocycles. The summed E-state index contributed by atoms with van der Waals surface area (Å²) in [7, 11) is 0. The first-order valence-electron chi connectivity index (χ1n) is 8.50. The minimum atomic E-state index is 0.541. The molecular weight excluding hydrogens is 260 g/mol. The van der Waals surface area contributed by atoms with Crippen LogP contribution in [0, 0.1) is 0 Å². The minimum Gasteiger partial charge on any atom is -0.493 e. The number of para-hydroxylation sites is 1. The van der Waals surface area contributed by atoms with E-state index in [-0.39, 0.29) is 0 Å². The van der Waals surface area contributed by atoms with Crippen molar-refractivity contribution < 1.29 is 4.74 Å². The maximum atomic E-state index is 5.90. The van der Waals surface area contributed by atoms with E-state index in [1.54, 1.807) is 0 Å². The smallest absolute Gasteiger partial charge is 0.123 e. The molecule has 0 saturated heterocycles. The highest BCUT2D eigenvalue weighted by molar-refractivity contribution is 5.32. The van der Waals surface area contributed by atoms with E-state index in [1.165, 1.54) is 32.1 Å². The quantitative estimate of drug-likeness (QED) is 0.744. The van der Waals surface area contributed by atoms with Gasteiger partial charge in [0.1, 0.15) is 5.75 Å². The predicted molar refractivity (Wildman–Crippen MR) is 88.6 cm³/mol. The number of benzene rings is 1. The fraction of sp³-hybridized carbons (Fsp3) is 0.667. The standard InChI is InChI=1S/C18H30N2O/c1-2-20(17-10-4-3-5-11-17)13-8-14-21-18-12-7-6-9-16(18)15-19/h6-7,9,12,17H,2-5,8,10-11,13-15,19H2,1H3. The van der Waals surface area contributed by atoms with E-state index in [1.807, 2.05) is 24.3 Å². The van der Waals surface area contributed by atoms with Crippen molar-refractivity contribution in [3.63, 3.8) is 0 Å². The zero-order chi connectivity index (χ0) is 14.9. The first-order chi connectivity index (χ1) is 10.3. The highest BCUT2D eigenvalue weighted by atomic mass is 16.5. The summed E-state index contributed by atoms with van der Waals surface area (Å²) in [6.45, 7) is 5.90. The molecule has 0 spiro atoms. The maximum Gasteiger partial charge on any atom is 0.123 e. The first-order valence-corrected chi connectivity index (χ1v) is 8.50. The van der Waals surface area contributed by atoms with Crippen molar-refractivity contribution in [2.24, 2.45) is 5.73 Å². The van der Waals surface area contributed by atoms with Gasteiger partial charge in [-0.2, -0.15) is 0 Å². The van der Waals surface area contributed by atoms with Crippen LogP contribution in [0.5, 0.6) is 5.75 Å². The van der Waals surface area contributed by atoms with Gasteiger partial charge in [-0.15, -0.1) is 0 Å². The maximum absolute atomic E-state index is 5.90. The van der Waals surface area contributed by atoms with Gasteiger partial charge in [-0.25, -0.2) is 0 Å². The summed E-state index contributed by atoms with van der Waals surface area (Å²) >= 11 is 0. The van der Waals surface area contributed by atoms with E-state index in [9.17, 15) is 0 Å². The van der Waals surface area contributed by atoms with E-state index < -0.39 is 0 Å². The third-order valence-corrected chi connectivity index (χ3v) is 4.54. The molecule has 118 valence electrons. The lowest BCUT2D eigenvalue weighted by molar-refractivity contribution is 0.151. The molecule has 1 aliphatic rings. The number of ether oxygens (including phenoxy) is 1. The highest BCUT2D eigenvalue weighted by Crippen LogP contribution is 2.22. The molecule has 0 atom stereocenters. The topological polar surface area (TPSA) is 38.5 Å². The molecule has 2 rings (SSSR count). The fourth-order valence-electron chi connectivity index (χ4n) is 3.31. The van der Waals surface area contributed by atoms with Crippen LogP contribution in [-0.4, -0.2) is 30.6 Å². The lowest BCUT2D eigenvalue weighted by Crippen LogP contribution is -2.37. The van der Waals surface area contributed by atoms with Gasteiger partial charge in [0.05, 0.1) is 6.61 Å². The summed E-state index contributed by atoms with van der Waals surface area (Å²) in [6.07, 6.45) is 8.08. The number of nitrogens with two attached hydrogens (primary N) is 1. The summed E-state index contributed by atoms with van der Waals surface area (Å²) in [5.41, 5.74) is 6.83. The van der Waals surface area contributed by atoms with Crippen molar-refractivity contribution in [3.05, 3.63) is 29.8 Å². The van der Waals surface area contributed by atoms with E-state index in [4.69, 9.17) is 10.5 Å². The van der Waals surface area contributed by atoms with Crippen LogP contribution in [0.25, 0.3) is 0 Å². The number of rotatable bonds is 8. The van der Waals surface area contributed by atoms with Crippen molar-refractivity contribution in [3.8, 4) is 5.75 Å². The van der Waals surface area contributed by atoms with Crippen molar-refractivity contribution >= 4 is 0 Å². The van der Waals surface area contributed by atoms with Gasteiger partial charge < -0.3 is 15.4 Å². The Balaban J connectivity index is 1.72. The zero-order valence-electron chi connectivity index (χ0n) is 13.4. The Hall–Kier alpha value is -1.06. The Morgan fingerprint density at radius 2 is 1.95 bits per heavy atom. The number of hydrogen-bond acceptors (Lipinski definition) is 3. The number of nitrogens with zero attached hydrogens (tertiary/aromatic N) is 1. The van der Waals surface area contributed by atoms with Crippen LogP contribution >= 0.6 is 0 Å². The third kappa shape index (κ3) is 5.01. The Morgan fingerprint density at radius 3 is 2.67 bits per heavy atom. The highest BCUT2D eigenvalue weighted by Gasteiger charge is 2.19. The molecule has 21 heavy (non-hydrogen) atoms. The van der Waals surface area contributed by atoms with Crippen molar-refractivity contribution in [2.45, 2.75) is 58.0 Å². The molecule has 0 aromatic heterocycles. The molecule has 0 aliphatic heterocycles. The van der Waals surface area contributed by atoms with Crippen LogP contribution in [0.3, 0.4) is 0 Å². The van der Waals surface area contributed by atoms with Gasteiger partial charge in [-0.1, -0.05) is 44.4 Å². The minimum absolute atomic E-state index is 0.541. The molecular formula is C18H30N2O. The molecule has 1 aromatic carbocycles. The van der Waals surface area contributed by atoms with Crippen LogP contribution in [0.1, 0.15) is 51.0 Å². The summed E-state index contributed by atoms with van der Waals surface area (Å²) in [5.74, 6) is 0.945. The molecule has 0 unspecified atom stereocenters. The normalized spacial score (nSPS) is 16.3. The van der Waals surface area contributed by atoms with Gasteiger partial charge in [0.2, 0.25) is 0 Å². The molecule has 0 bridgehead atoms. The predicted octanol–water partition coefficient (Wildman–Crippen LogP) is 3.57. The Bertz CT molecular complexity index is 402.